The fraction of sp³-hybridized carbons (Fsp3) is 0.600. The van der Waals surface area contributed by atoms with E-state index in [-0.39, 0.29) is 11.4 Å². The highest BCUT2D eigenvalue weighted by Gasteiger charge is 2.30. The summed E-state index contributed by atoms with van der Waals surface area (Å²) in [5, 5.41) is 3.19. The maximum Gasteiger partial charge on any atom is 0.253 e. The number of rotatable bonds is 2. The second-order valence-corrected chi connectivity index (χ2v) is 5.95. The van der Waals surface area contributed by atoms with Gasteiger partial charge in [0.05, 0.1) is 5.56 Å². The van der Waals surface area contributed by atoms with Crippen molar-refractivity contribution in [3.63, 3.8) is 0 Å². The molecule has 1 aromatic heterocycles. The van der Waals surface area contributed by atoms with Crippen LogP contribution in [0.25, 0.3) is 0 Å². The largest absolute Gasteiger partial charge is 0.347 e. The molecule has 0 radical (unpaired) electrons. The van der Waals surface area contributed by atoms with Gasteiger partial charge in [-0.1, -0.05) is 0 Å². The summed E-state index contributed by atoms with van der Waals surface area (Å²) in [7, 11) is 2.12. The molecule has 2 heterocycles. The van der Waals surface area contributed by atoms with E-state index in [1.807, 2.05) is 13.8 Å². The van der Waals surface area contributed by atoms with E-state index >= 15 is 0 Å². The molecule has 1 aromatic rings. The van der Waals surface area contributed by atoms with Crippen molar-refractivity contribution >= 4 is 5.91 Å². The number of likely N-dealkylation sites (tertiary alicyclic amines) is 1. The van der Waals surface area contributed by atoms with Gasteiger partial charge in [-0.25, -0.2) is 0 Å². The van der Waals surface area contributed by atoms with Crippen LogP contribution in [0.1, 0.15) is 41.3 Å². The van der Waals surface area contributed by atoms with Gasteiger partial charge in [0.25, 0.3) is 5.91 Å². The Labute approximate surface area is 115 Å². The van der Waals surface area contributed by atoms with Crippen LogP contribution < -0.4 is 5.32 Å². The lowest BCUT2D eigenvalue weighted by Gasteiger charge is -2.38. The van der Waals surface area contributed by atoms with Gasteiger partial charge in [0.1, 0.15) is 0 Å². The predicted molar refractivity (Wildman–Crippen MR) is 76.3 cm³/mol. The first-order valence-electron chi connectivity index (χ1n) is 6.83. The molecule has 0 spiro atoms. The Hall–Kier alpha value is -1.42. The standard InChI is InChI=1S/C15H23N3O/c1-11-9-16-10-13(12(11)2)14(19)17-15(3)5-7-18(4)8-6-15/h9-10H,5-8H2,1-4H3,(H,17,19). The van der Waals surface area contributed by atoms with Crippen LogP contribution in [-0.4, -0.2) is 41.5 Å². The first-order chi connectivity index (χ1) is 8.91. The van der Waals surface area contributed by atoms with Gasteiger partial charge in [0, 0.05) is 31.0 Å². The predicted octanol–water partition coefficient (Wildman–Crippen LogP) is 1.91. The highest BCUT2D eigenvalue weighted by molar-refractivity contribution is 5.96. The molecule has 0 bridgehead atoms. The third-order valence-corrected chi connectivity index (χ3v) is 4.22. The Morgan fingerprint density at radius 3 is 2.58 bits per heavy atom. The second-order valence-electron chi connectivity index (χ2n) is 5.95. The van der Waals surface area contributed by atoms with Crippen LogP contribution in [0.2, 0.25) is 0 Å². The fourth-order valence-electron chi connectivity index (χ4n) is 2.44. The van der Waals surface area contributed by atoms with Crippen molar-refractivity contribution in [3.05, 3.63) is 29.1 Å². The molecule has 1 N–H and O–H groups in total. The van der Waals surface area contributed by atoms with Crippen molar-refractivity contribution in [2.24, 2.45) is 0 Å². The van der Waals surface area contributed by atoms with E-state index in [2.05, 4.69) is 29.2 Å². The lowest BCUT2D eigenvalue weighted by Crippen LogP contribution is -2.52. The molecule has 0 unspecified atom stereocenters. The minimum atomic E-state index is -0.0974. The molecule has 0 aliphatic carbocycles. The molecule has 0 aromatic carbocycles. The van der Waals surface area contributed by atoms with Crippen molar-refractivity contribution in [1.29, 1.82) is 0 Å². The molecule has 19 heavy (non-hydrogen) atoms. The topological polar surface area (TPSA) is 45.2 Å². The van der Waals surface area contributed by atoms with E-state index in [1.165, 1.54) is 0 Å². The van der Waals surface area contributed by atoms with E-state index in [0.29, 0.717) is 5.56 Å². The van der Waals surface area contributed by atoms with Crippen LogP contribution in [0.4, 0.5) is 0 Å². The molecule has 1 amide bonds. The zero-order chi connectivity index (χ0) is 14.0. The number of amides is 1. The van der Waals surface area contributed by atoms with Crippen molar-refractivity contribution in [3.8, 4) is 0 Å². The van der Waals surface area contributed by atoms with Gasteiger partial charge in [-0.2, -0.15) is 0 Å². The first-order valence-corrected chi connectivity index (χ1v) is 6.83. The van der Waals surface area contributed by atoms with E-state index in [1.54, 1.807) is 12.4 Å². The third-order valence-electron chi connectivity index (χ3n) is 4.22. The molecular weight excluding hydrogens is 238 g/mol. The van der Waals surface area contributed by atoms with E-state index < -0.39 is 0 Å². The summed E-state index contributed by atoms with van der Waals surface area (Å²) in [6, 6.07) is 0. The summed E-state index contributed by atoms with van der Waals surface area (Å²) < 4.78 is 0. The number of piperidine rings is 1. The molecule has 2 rings (SSSR count). The van der Waals surface area contributed by atoms with Gasteiger partial charge in [-0.05, 0) is 51.8 Å². The van der Waals surface area contributed by atoms with Crippen LogP contribution in [-0.2, 0) is 0 Å². The number of carbonyl (C=O) groups excluding carboxylic acids is 1. The number of hydrogen-bond donors (Lipinski definition) is 1. The van der Waals surface area contributed by atoms with E-state index in [0.717, 1.165) is 37.1 Å². The molecular formula is C15H23N3O. The van der Waals surface area contributed by atoms with Crippen molar-refractivity contribution < 1.29 is 4.79 Å². The van der Waals surface area contributed by atoms with Gasteiger partial charge >= 0.3 is 0 Å². The van der Waals surface area contributed by atoms with Crippen molar-refractivity contribution in [2.75, 3.05) is 20.1 Å². The van der Waals surface area contributed by atoms with Gasteiger partial charge < -0.3 is 10.2 Å². The maximum absolute atomic E-state index is 12.4. The zero-order valence-corrected chi connectivity index (χ0v) is 12.3. The third kappa shape index (κ3) is 3.13. The summed E-state index contributed by atoms with van der Waals surface area (Å²) in [6.07, 6.45) is 5.44. The normalized spacial score (nSPS) is 19.2. The summed E-state index contributed by atoms with van der Waals surface area (Å²) in [5.74, 6) is 0.000697. The minimum absolute atomic E-state index is 0.000697. The van der Waals surface area contributed by atoms with Crippen LogP contribution in [0.15, 0.2) is 12.4 Å². The van der Waals surface area contributed by atoms with E-state index in [9.17, 15) is 4.79 Å². The number of hydrogen-bond acceptors (Lipinski definition) is 3. The Morgan fingerprint density at radius 2 is 1.95 bits per heavy atom. The first kappa shape index (κ1) is 14.0. The molecule has 1 fully saturated rings. The van der Waals surface area contributed by atoms with Gasteiger partial charge in [-0.15, -0.1) is 0 Å². The van der Waals surface area contributed by atoms with Gasteiger partial charge in [-0.3, -0.25) is 9.78 Å². The van der Waals surface area contributed by atoms with Crippen molar-refractivity contribution in [2.45, 2.75) is 39.2 Å². The zero-order valence-electron chi connectivity index (χ0n) is 12.3. The summed E-state index contributed by atoms with van der Waals surface area (Å²) >= 11 is 0. The fourth-order valence-corrected chi connectivity index (χ4v) is 2.44. The molecule has 1 saturated heterocycles. The number of pyridine rings is 1. The molecule has 0 saturated carbocycles. The summed E-state index contributed by atoms with van der Waals surface area (Å²) in [4.78, 5) is 18.8. The number of aryl methyl sites for hydroxylation is 1. The summed E-state index contributed by atoms with van der Waals surface area (Å²) in [6.45, 7) is 8.15. The quantitative estimate of drug-likeness (QED) is 0.884. The highest BCUT2D eigenvalue weighted by Crippen LogP contribution is 2.22. The van der Waals surface area contributed by atoms with Crippen molar-refractivity contribution in [1.82, 2.24) is 15.2 Å². The SMILES string of the molecule is Cc1cncc(C(=O)NC2(C)CCN(C)CC2)c1C. The van der Waals surface area contributed by atoms with E-state index in [4.69, 9.17) is 0 Å². The van der Waals surface area contributed by atoms with Crippen LogP contribution in [0.5, 0.6) is 0 Å². The molecule has 1 aliphatic rings. The molecule has 4 heteroatoms. The van der Waals surface area contributed by atoms with Gasteiger partial charge in [0.2, 0.25) is 0 Å². The molecule has 1 aliphatic heterocycles. The molecule has 4 nitrogen and oxygen atoms in total. The average molecular weight is 261 g/mol. The van der Waals surface area contributed by atoms with Crippen LogP contribution in [0.3, 0.4) is 0 Å². The molecule has 104 valence electrons. The number of nitrogens with one attached hydrogen (secondary N) is 1. The highest BCUT2D eigenvalue weighted by atomic mass is 16.1. The lowest BCUT2D eigenvalue weighted by atomic mass is 9.89. The Balaban J connectivity index is 2.11. The van der Waals surface area contributed by atoms with Gasteiger partial charge in [0.15, 0.2) is 0 Å². The molecule has 0 atom stereocenters. The summed E-state index contributed by atoms with van der Waals surface area (Å²) in [5.41, 5.74) is 2.67. The number of carbonyl (C=O) groups is 1. The number of aromatic nitrogens is 1. The monoisotopic (exact) mass is 261 g/mol. The second kappa shape index (κ2) is 5.29. The van der Waals surface area contributed by atoms with Crippen LogP contribution in [0, 0.1) is 13.8 Å². The Kier molecular flexibility index (Phi) is 3.90. The Bertz CT molecular complexity index is 476. The minimum Gasteiger partial charge on any atom is -0.347 e. The maximum atomic E-state index is 12.4. The number of nitrogens with zero attached hydrogens (tertiary/aromatic N) is 2. The average Bonchev–Trinajstić information content (AvgIpc) is 2.36. The smallest absolute Gasteiger partial charge is 0.253 e. The Morgan fingerprint density at radius 1 is 1.32 bits per heavy atom. The lowest BCUT2D eigenvalue weighted by molar-refractivity contribution is 0.0851. The van der Waals surface area contributed by atoms with Crippen LogP contribution >= 0.6 is 0 Å².